The van der Waals surface area contributed by atoms with Gasteiger partial charge in [0.05, 0.1) is 17.4 Å². The van der Waals surface area contributed by atoms with Crippen LogP contribution in [0.25, 0.3) is 0 Å². The van der Waals surface area contributed by atoms with Crippen molar-refractivity contribution in [3.8, 4) is 0 Å². The van der Waals surface area contributed by atoms with Crippen LogP contribution in [0.5, 0.6) is 0 Å². The predicted molar refractivity (Wildman–Crippen MR) is 64.0 cm³/mol. The minimum atomic E-state index is -0.345. The van der Waals surface area contributed by atoms with E-state index in [4.69, 9.17) is 0 Å². The summed E-state index contributed by atoms with van der Waals surface area (Å²) in [4.78, 5) is 11.8. The van der Waals surface area contributed by atoms with E-state index in [9.17, 15) is 9.90 Å². The molecule has 4 heteroatoms. The summed E-state index contributed by atoms with van der Waals surface area (Å²) >= 11 is 1.57. The van der Waals surface area contributed by atoms with Crippen LogP contribution >= 0.6 is 11.8 Å². The number of nitrogens with one attached hydrogen (secondary N) is 1. The summed E-state index contributed by atoms with van der Waals surface area (Å²) in [6, 6.07) is -0.0209. The van der Waals surface area contributed by atoms with E-state index < -0.39 is 0 Å². The average Bonchev–Trinajstić information content (AvgIpc) is 2.23. The normalized spacial score (nSPS) is 28.5. The third kappa shape index (κ3) is 3.68. The van der Waals surface area contributed by atoms with E-state index in [-0.39, 0.29) is 23.3 Å². The van der Waals surface area contributed by atoms with Crippen molar-refractivity contribution in [1.29, 1.82) is 0 Å². The van der Waals surface area contributed by atoms with Crippen molar-refractivity contribution in [2.45, 2.75) is 56.4 Å². The number of aliphatic hydroxyl groups excluding tert-OH is 1. The maximum Gasteiger partial charge on any atom is 0.233 e. The molecule has 3 atom stereocenters. The molecule has 1 aliphatic carbocycles. The number of amides is 1. The molecule has 1 rings (SSSR count). The number of hydrogen-bond acceptors (Lipinski definition) is 3. The molecular formula is C11H21NO2S. The highest BCUT2D eigenvalue weighted by Gasteiger charge is 2.26. The molecular weight excluding hydrogens is 210 g/mol. The highest BCUT2D eigenvalue weighted by atomic mass is 32.2. The smallest absolute Gasteiger partial charge is 0.233 e. The molecule has 1 saturated carbocycles. The number of carbonyl (C=O) groups excluding carboxylic acids is 1. The molecule has 0 saturated heterocycles. The molecule has 0 aliphatic heterocycles. The summed E-state index contributed by atoms with van der Waals surface area (Å²) in [5.41, 5.74) is 0. The topological polar surface area (TPSA) is 49.3 Å². The fourth-order valence-corrected chi connectivity index (χ4v) is 2.63. The molecule has 0 bridgehead atoms. The van der Waals surface area contributed by atoms with Gasteiger partial charge >= 0.3 is 0 Å². The molecule has 3 nitrogen and oxygen atoms in total. The molecule has 1 aliphatic rings. The molecule has 0 aromatic rings. The Morgan fingerprint density at radius 1 is 1.53 bits per heavy atom. The maximum atomic E-state index is 11.8. The summed E-state index contributed by atoms with van der Waals surface area (Å²) in [6.07, 6.45) is 6.37. The third-order valence-corrected chi connectivity index (χ3v) is 4.12. The average molecular weight is 231 g/mol. The van der Waals surface area contributed by atoms with Crippen molar-refractivity contribution in [1.82, 2.24) is 5.32 Å². The minimum Gasteiger partial charge on any atom is -0.391 e. The van der Waals surface area contributed by atoms with Gasteiger partial charge in [0, 0.05) is 0 Å². The van der Waals surface area contributed by atoms with Gasteiger partial charge < -0.3 is 10.4 Å². The summed E-state index contributed by atoms with van der Waals surface area (Å²) < 4.78 is 0. The number of aliphatic hydroxyl groups is 1. The van der Waals surface area contributed by atoms with Crippen LogP contribution in [0.2, 0.25) is 0 Å². The van der Waals surface area contributed by atoms with Gasteiger partial charge in [-0.2, -0.15) is 11.8 Å². The zero-order valence-electron chi connectivity index (χ0n) is 9.53. The number of rotatable bonds is 4. The molecule has 0 radical (unpaired) electrons. The molecule has 0 heterocycles. The summed E-state index contributed by atoms with van der Waals surface area (Å²) in [5.74, 6) is 0.0796. The van der Waals surface area contributed by atoms with Gasteiger partial charge in [0.2, 0.25) is 5.91 Å². The lowest BCUT2D eigenvalue weighted by molar-refractivity contribution is -0.122. The highest BCUT2D eigenvalue weighted by Crippen LogP contribution is 2.19. The quantitative estimate of drug-likeness (QED) is 0.772. The zero-order chi connectivity index (χ0) is 11.3. The number of thioether (sulfide) groups is 1. The summed E-state index contributed by atoms with van der Waals surface area (Å²) in [6.45, 7) is 2.01. The van der Waals surface area contributed by atoms with Gasteiger partial charge in [-0.3, -0.25) is 4.79 Å². The van der Waals surface area contributed by atoms with E-state index >= 15 is 0 Å². The standard InChI is InChI=1S/C11H21NO2S/c1-3-10(15-2)11(14)12-8-6-4-5-7-9(8)13/h8-10,13H,3-7H2,1-2H3,(H,12,14)/t8-,9-,10+/m1/s1. The van der Waals surface area contributed by atoms with Gasteiger partial charge in [-0.05, 0) is 25.5 Å². The Morgan fingerprint density at radius 2 is 2.20 bits per heavy atom. The Bertz CT molecular complexity index is 207. The predicted octanol–water partition coefficient (Wildman–Crippen LogP) is 1.55. The fraction of sp³-hybridized carbons (Fsp3) is 0.909. The van der Waals surface area contributed by atoms with Gasteiger partial charge in [-0.1, -0.05) is 19.8 Å². The minimum absolute atomic E-state index is 0.0209. The van der Waals surface area contributed by atoms with Crippen LogP contribution in [-0.2, 0) is 4.79 Å². The fourth-order valence-electron chi connectivity index (χ4n) is 2.01. The van der Waals surface area contributed by atoms with Gasteiger partial charge in [0.15, 0.2) is 0 Å². The first-order valence-corrected chi connectivity index (χ1v) is 6.99. The van der Waals surface area contributed by atoms with Crippen molar-refractivity contribution in [2.75, 3.05) is 6.26 Å². The van der Waals surface area contributed by atoms with E-state index in [0.29, 0.717) is 0 Å². The van der Waals surface area contributed by atoms with E-state index in [1.807, 2.05) is 13.2 Å². The second-order valence-electron chi connectivity index (χ2n) is 4.10. The summed E-state index contributed by atoms with van der Waals surface area (Å²) in [7, 11) is 0. The number of carbonyl (C=O) groups is 1. The molecule has 1 amide bonds. The molecule has 2 N–H and O–H groups in total. The lowest BCUT2D eigenvalue weighted by atomic mass is 9.92. The summed E-state index contributed by atoms with van der Waals surface area (Å²) in [5, 5.41) is 12.7. The van der Waals surface area contributed by atoms with Gasteiger partial charge in [-0.15, -0.1) is 0 Å². The second-order valence-corrected chi connectivity index (χ2v) is 5.14. The Balaban J connectivity index is 2.41. The van der Waals surface area contributed by atoms with Crippen LogP contribution in [-0.4, -0.2) is 34.7 Å². The van der Waals surface area contributed by atoms with Gasteiger partial charge in [0.1, 0.15) is 0 Å². The molecule has 0 unspecified atom stereocenters. The molecule has 15 heavy (non-hydrogen) atoms. The SMILES string of the molecule is CC[C@H](SC)C(=O)N[C@@H]1CCCC[C@H]1O. The highest BCUT2D eigenvalue weighted by molar-refractivity contribution is 7.99. The van der Waals surface area contributed by atoms with Crippen LogP contribution < -0.4 is 5.32 Å². The van der Waals surface area contributed by atoms with Crippen LogP contribution in [0.15, 0.2) is 0 Å². The van der Waals surface area contributed by atoms with Crippen LogP contribution in [0.4, 0.5) is 0 Å². The number of hydrogen-bond donors (Lipinski definition) is 2. The first-order chi connectivity index (χ1) is 7.19. The first kappa shape index (κ1) is 12.8. The maximum absolute atomic E-state index is 11.8. The van der Waals surface area contributed by atoms with E-state index in [0.717, 1.165) is 32.1 Å². The molecule has 0 aromatic carbocycles. The Hall–Kier alpha value is -0.220. The van der Waals surface area contributed by atoms with Crippen molar-refractivity contribution in [2.24, 2.45) is 0 Å². The van der Waals surface area contributed by atoms with E-state index in [1.54, 1.807) is 11.8 Å². The lowest BCUT2D eigenvalue weighted by Gasteiger charge is -2.29. The Kier molecular flexibility index (Phi) is 5.47. The van der Waals surface area contributed by atoms with Crippen LogP contribution in [0.3, 0.4) is 0 Å². The Morgan fingerprint density at radius 3 is 2.73 bits per heavy atom. The van der Waals surface area contributed by atoms with Crippen molar-refractivity contribution < 1.29 is 9.90 Å². The Labute approximate surface area is 96.0 Å². The van der Waals surface area contributed by atoms with Gasteiger partial charge in [-0.25, -0.2) is 0 Å². The van der Waals surface area contributed by atoms with Crippen molar-refractivity contribution >= 4 is 17.7 Å². The first-order valence-electron chi connectivity index (χ1n) is 5.70. The lowest BCUT2D eigenvalue weighted by Crippen LogP contribution is -2.47. The van der Waals surface area contributed by atoms with Crippen molar-refractivity contribution in [3.05, 3.63) is 0 Å². The van der Waals surface area contributed by atoms with E-state index in [1.165, 1.54) is 0 Å². The van der Waals surface area contributed by atoms with Gasteiger partial charge in [0.25, 0.3) is 0 Å². The van der Waals surface area contributed by atoms with Crippen LogP contribution in [0.1, 0.15) is 39.0 Å². The zero-order valence-corrected chi connectivity index (χ0v) is 10.3. The molecule has 1 fully saturated rings. The van der Waals surface area contributed by atoms with E-state index in [2.05, 4.69) is 5.32 Å². The molecule has 0 aromatic heterocycles. The van der Waals surface area contributed by atoms with Crippen LogP contribution in [0, 0.1) is 0 Å². The largest absolute Gasteiger partial charge is 0.391 e. The van der Waals surface area contributed by atoms with Crippen molar-refractivity contribution in [3.63, 3.8) is 0 Å². The monoisotopic (exact) mass is 231 g/mol. The molecule has 0 spiro atoms. The molecule has 88 valence electrons. The third-order valence-electron chi connectivity index (χ3n) is 3.00. The second kappa shape index (κ2) is 6.38.